The summed E-state index contributed by atoms with van der Waals surface area (Å²) in [6.07, 6.45) is -0.352. The second-order valence-corrected chi connectivity index (χ2v) is 6.41. The van der Waals surface area contributed by atoms with Crippen molar-refractivity contribution in [2.45, 2.75) is 19.4 Å². The van der Waals surface area contributed by atoms with Gasteiger partial charge in [0.25, 0.3) is 0 Å². The number of amides is 1. The Balaban J connectivity index is 1.74. The molecule has 118 valence electrons. The molecule has 4 nitrogen and oxygen atoms in total. The Bertz CT molecular complexity index is 751. The Morgan fingerprint density at radius 3 is 2.13 bits per heavy atom. The monoisotopic (exact) mass is 309 g/mol. The van der Waals surface area contributed by atoms with Gasteiger partial charge in [0.2, 0.25) is 0 Å². The van der Waals surface area contributed by atoms with Gasteiger partial charge in [-0.1, -0.05) is 49.0 Å². The standard InChI is InChI=1S/C19H21N2O2/c1-14-19(2,3)21(4,20-14)18(22)23-17-12-10-16(11-13-17)15-8-6-5-7-9-15/h5-13,20H,1H2,2-4H3/q+1. The minimum absolute atomic E-state index is 0.0216. The molecule has 1 heterocycles. The van der Waals surface area contributed by atoms with E-state index in [0.717, 1.165) is 16.8 Å². The maximum Gasteiger partial charge on any atom is 0.547 e. The van der Waals surface area contributed by atoms with Crippen LogP contribution in [0.2, 0.25) is 0 Å². The van der Waals surface area contributed by atoms with Crippen molar-refractivity contribution in [3.63, 3.8) is 0 Å². The SMILES string of the molecule is C=C1N[N+](C)(C(=O)Oc2ccc(-c3ccccc3)cc2)C1(C)C. The Morgan fingerprint density at radius 1 is 1.04 bits per heavy atom. The van der Waals surface area contributed by atoms with Crippen molar-refractivity contribution >= 4 is 6.09 Å². The number of likely N-dealkylation sites (N-methyl/N-ethyl adjacent to an activating group) is 1. The normalized spacial score (nSPS) is 22.0. The summed E-state index contributed by atoms with van der Waals surface area (Å²) in [6, 6.07) is 17.6. The van der Waals surface area contributed by atoms with Gasteiger partial charge in [-0.25, -0.2) is 5.43 Å². The van der Waals surface area contributed by atoms with Crippen molar-refractivity contribution in [2.24, 2.45) is 0 Å². The molecule has 2 aromatic rings. The maximum absolute atomic E-state index is 12.5. The third kappa shape index (κ3) is 2.41. The van der Waals surface area contributed by atoms with Crippen LogP contribution in [0.4, 0.5) is 4.79 Å². The average molecular weight is 309 g/mol. The fourth-order valence-corrected chi connectivity index (χ4v) is 2.58. The van der Waals surface area contributed by atoms with Gasteiger partial charge in [-0.3, -0.25) is 0 Å². The first kappa shape index (κ1) is 15.3. The lowest BCUT2D eigenvalue weighted by Gasteiger charge is -2.52. The van der Waals surface area contributed by atoms with Crippen LogP contribution in [0.25, 0.3) is 11.1 Å². The minimum atomic E-state index is -0.388. The van der Waals surface area contributed by atoms with Crippen LogP contribution in [-0.4, -0.2) is 23.3 Å². The van der Waals surface area contributed by atoms with E-state index in [4.69, 9.17) is 4.74 Å². The van der Waals surface area contributed by atoms with E-state index in [0.29, 0.717) is 5.75 Å². The van der Waals surface area contributed by atoms with Gasteiger partial charge in [-0.2, -0.15) is 4.79 Å². The van der Waals surface area contributed by atoms with Crippen molar-refractivity contribution in [3.8, 4) is 16.9 Å². The third-order valence-corrected chi connectivity index (χ3v) is 4.75. The van der Waals surface area contributed by atoms with E-state index in [1.54, 1.807) is 7.05 Å². The highest BCUT2D eigenvalue weighted by molar-refractivity contribution is 5.67. The molecular weight excluding hydrogens is 288 g/mol. The first-order valence-corrected chi connectivity index (χ1v) is 7.57. The molecule has 0 aromatic heterocycles. The summed E-state index contributed by atoms with van der Waals surface area (Å²) in [4.78, 5) is 12.5. The summed E-state index contributed by atoms with van der Waals surface area (Å²) in [6.45, 7) is 7.84. The van der Waals surface area contributed by atoms with E-state index in [1.165, 1.54) is 0 Å². The Kier molecular flexibility index (Phi) is 3.49. The largest absolute Gasteiger partial charge is 0.547 e. The number of hydrogen-bond donors (Lipinski definition) is 1. The molecule has 4 heteroatoms. The summed E-state index contributed by atoms with van der Waals surface area (Å²) in [7, 11) is 1.79. The fraction of sp³-hybridized carbons (Fsp3) is 0.211. The molecular formula is C19H21N2O2+. The maximum atomic E-state index is 12.5. The van der Waals surface area contributed by atoms with Gasteiger partial charge in [-0.15, -0.1) is 4.59 Å². The van der Waals surface area contributed by atoms with Crippen LogP contribution >= 0.6 is 0 Å². The molecule has 1 fully saturated rings. The molecule has 1 saturated heterocycles. The van der Waals surface area contributed by atoms with Gasteiger partial charge in [0.05, 0.1) is 0 Å². The number of hydrogen-bond acceptors (Lipinski definition) is 3. The molecule has 0 bridgehead atoms. The molecule has 1 amide bonds. The molecule has 23 heavy (non-hydrogen) atoms. The van der Waals surface area contributed by atoms with Gasteiger partial charge in [0.1, 0.15) is 18.5 Å². The Morgan fingerprint density at radius 2 is 1.61 bits per heavy atom. The molecule has 1 N–H and O–H groups in total. The van der Waals surface area contributed by atoms with Crippen molar-refractivity contribution < 1.29 is 14.1 Å². The van der Waals surface area contributed by atoms with Crippen molar-refractivity contribution in [1.82, 2.24) is 5.43 Å². The van der Waals surface area contributed by atoms with Gasteiger partial charge < -0.3 is 4.74 Å². The predicted octanol–water partition coefficient (Wildman–Crippen LogP) is 4.11. The number of nitrogens with one attached hydrogen (secondary N) is 1. The van der Waals surface area contributed by atoms with Gasteiger partial charge in [0.15, 0.2) is 5.54 Å². The van der Waals surface area contributed by atoms with Crippen LogP contribution in [0, 0.1) is 0 Å². The van der Waals surface area contributed by atoms with Crippen LogP contribution in [0.3, 0.4) is 0 Å². The zero-order chi connectivity index (χ0) is 16.7. The average Bonchev–Trinajstić information content (AvgIpc) is 2.56. The van der Waals surface area contributed by atoms with Crippen LogP contribution < -0.4 is 10.2 Å². The second-order valence-electron chi connectivity index (χ2n) is 6.41. The number of rotatable bonds is 2. The second kappa shape index (κ2) is 5.25. The number of quaternary nitrogens is 1. The molecule has 0 aliphatic carbocycles. The van der Waals surface area contributed by atoms with E-state index in [1.807, 2.05) is 68.4 Å². The highest BCUT2D eigenvalue weighted by Gasteiger charge is 2.61. The molecule has 1 aliphatic rings. The molecule has 1 unspecified atom stereocenters. The quantitative estimate of drug-likeness (QED) is 0.848. The van der Waals surface area contributed by atoms with E-state index < -0.39 is 0 Å². The van der Waals surface area contributed by atoms with E-state index in [2.05, 4.69) is 12.0 Å². The van der Waals surface area contributed by atoms with E-state index in [9.17, 15) is 4.79 Å². The van der Waals surface area contributed by atoms with Crippen molar-refractivity contribution in [3.05, 3.63) is 66.9 Å². The lowest BCUT2D eigenvalue weighted by atomic mass is 9.94. The zero-order valence-electron chi connectivity index (χ0n) is 13.7. The van der Waals surface area contributed by atoms with Crippen molar-refractivity contribution in [1.29, 1.82) is 0 Å². The van der Waals surface area contributed by atoms with Crippen LogP contribution in [0.15, 0.2) is 66.9 Å². The molecule has 3 rings (SSSR count). The molecule has 0 radical (unpaired) electrons. The van der Waals surface area contributed by atoms with E-state index >= 15 is 0 Å². The summed E-state index contributed by atoms with van der Waals surface area (Å²) in [5.74, 6) is 0.532. The van der Waals surface area contributed by atoms with Gasteiger partial charge in [-0.05, 0) is 37.1 Å². The molecule has 0 spiro atoms. The summed E-state index contributed by atoms with van der Waals surface area (Å²) >= 11 is 0. The van der Waals surface area contributed by atoms with Crippen LogP contribution in [0.5, 0.6) is 5.75 Å². The van der Waals surface area contributed by atoms with Crippen molar-refractivity contribution in [2.75, 3.05) is 7.05 Å². The fourth-order valence-electron chi connectivity index (χ4n) is 2.58. The Hall–Kier alpha value is -2.59. The molecule has 0 saturated carbocycles. The summed E-state index contributed by atoms with van der Waals surface area (Å²) < 4.78 is 5.50. The minimum Gasteiger partial charge on any atom is -0.379 e. The lowest BCUT2D eigenvalue weighted by molar-refractivity contribution is -0.957. The number of nitrogens with zero attached hydrogens (tertiary/aromatic N) is 1. The van der Waals surface area contributed by atoms with E-state index in [-0.39, 0.29) is 16.2 Å². The molecule has 1 aliphatic heterocycles. The summed E-state index contributed by atoms with van der Waals surface area (Å²) in [5.41, 5.74) is 5.69. The molecule has 1 atom stereocenters. The van der Waals surface area contributed by atoms with Gasteiger partial charge in [0, 0.05) is 0 Å². The van der Waals surface area contributed by atoms with Gasteiger partial charge >= 0.3 is 6.09 Å². The molecule has 2 aromatic carbocycles. The Labute approximate surface area is 136 Å². The van der Waals surface area contributed by atoms with Crippen LogP contribution in [-0.2, 0) is 0 Å². The smallest absolute Gasteiger partial charge is 0.379 e. The topological polar surface area (TPSA) is 38.3 Å². The number of carbonyl (C=O) groups is 1. The first-order chi connectivity index (χ1) is 10.8. The number of ether oxygens (including phenoxy) is 1. The highest BCUT2D eigenvalue weighted by atomic mass is 16.6. The predicted molar refractivity (Wildman–Crippen MR) is 90.4 cm³/mol. The van der Waals surface area contributed by atoms with Crippen LogP contribution in [0.1, 0.15) is 13.8 Å². The summed E-state index contributed by atoms with van der Waals surface area (Å²) in [5, 5.41) is 0. The number of carbonyl (C=O) groups excluding carboxylic acids is 1. The number of benzene rings is 2. The third-order valence-electron chi connectivity index (χ3n) is 4.75. The highest BCUT2D eigenvalue weighted by Crippen LogP contribution is 2.37. The lowest BCUT2D eigenvalue weighted by Crippen LogP contribution is -2.80. The first-order valence-electron chi connectivity index (χ1n) is 7.57. The zero-order valence-corrected chi connectivity index (χ0v) is 13.7.